The number of carbonyl (C=O) groups is 1. The summed E-state index contributed by atoms with van der Waals surface area (Å²) in [5.41, 5.74) is 3.90. The molecule has 4 aromatic rings. The third kappa shape index (κ3) is 4.18. The predicted octanol–water partition coefficient (Wildman–Crippen LogP) is 5.34. The number of amides is 1. The van der Waals surface area contributed by atoms with Crippen molar-refractivity contribution in [2.75, 3.05) is 5.32 Å². The number of nitrogens with one attached hydrogen (secondary N) is 1. The number of anilines is 1. The summed E-state index contributed by atoms with van der Waals surface area (Å²) < 4.78 is 5.29. The van der Waals surface area contributed by atoms with Crippen LogP contribution in [0.4, 0.5) is 5.69 Å². The molecule has 0 spiro atoms. The van der Waals surface area contributed by atoms with E-state index >= 15 is 0 Å². The smallest absolute Gasteiger partial charge is 0.227 e. The molecule has 0 aliphatic rings. The van der Waals surface area contributed by atoms with E-state index in [0.29, 0.717) is 18.1 Å². The number of hydrogen-bond acceptors (Lipinski definition) is 5. The van der Waals surface area contributed by atoms with Crippen LogP contribution in [0.3, 0.4) is 0 Å². The number of para-hydroxylation sites is 1. The van der Waals surface area contributed by atoms with Crippen LogP contribution in [-0.2, 0) is 11.2 Å². The number of hydrogen-bond donors (Lipinski definition) is 1. The molecule has 2 heterocycles. The maximum atomic E-state index is 12.4. The number of aromatic nitrogens is 2. The second-order valence-corrected chi connectivity index (χ2v) is 7.40. The third-order valence-corrected chi connectivity index (χ3v) is 5.23. The largest absolute Gasteiger partial charge is 0.339 e. The Bertz CT molecular complexity index is 1070. The van der Waals surface area contributed by atoms with Gasteiger partial charge in [0.25, 0.3) is 0 Å². The van der Waals surface area contributed by atoms with Crippen molar-refractivity contribution in [2.24, 2.45) is 0 Å². The topological polar surface area (TPSA) is 68.0 Å². The Hall–Kier alpha value is -3.25. The Labute approximate surface area is 167 Å². The van der Waals surface area contributed by atoms with E-state index in [2.05, 4.69) is 15.5 Å². The van der Waals surface area contributed by atoms with Crippen LogP contribution in [0, 0.1) is 6.92 Å². The average Bonchev–Trinajstić information content (AvgIpc) is 3.40. The maximum absolute atomic E-state index is 12.4. The number of nitrogens with zero attached hydrogens (tertiary/aromatic N) is 2. The van der Waals surface area contributed by atoms with Crippen LogP contribution in [0.5, 0.6) is 0 Å². The van der Waals surface area contributed by atoms with E-state index < -0.39 is 0 Å². The molecule has 140 valence electrons. The lowest BCUT2D eigenvalue weighted by molar-refractivity contribution is -0.116. The van der Waals surface area contributed by atoms with Crippen molar-refractivity contribution in [3.05, 3.63) is 77.5 Å². The third-order valence-electron chi connectivity index (χ3n) is 4.33. The zero-order chi connectivity index (χ0) is 19.3. The SMILES string of the molecule is Cc1ccc(-c2noc(CCC(=O)Nc3ccccc3-c3cccs3)n2)cc1. The van der Waals surface area contributed by atoms with E-state index in [1.807, 2.05) is 73.0 Å². The summed E-state index contributed by atoms with van der Waals surface area (Å²) in [6.07, 6.45) is 0.667. The van der Waals surface area contributed by atoms with Crippen LogP contribution >= 0.6 is 11.3 Å². The molecule has 2 aromatic heterocycles. The van der Waals surface area contributed by atoms with Gasteiger partial charge in [-0.05, 0) is 24.4 Å². The summed E-state index contributed by atoms with van der Waals surface area (Å²) >= 11 is 1.64. The molecule has 5 nitrogen and oxygen atoms in total. The lowest BCUT2D eigenvalue weighted by Crippen LogP contribution is -2.13. The summed E-state index contributed by atoms with van der Waals surface area (Å²) in [6, 6.07) is 19.8. The standard InChI is InChI=1S/C22H19N3O2S/c1-15-8-10-16(11-9-15)22-24-21(27-25-22)13-12-20(26)23-18-6-3-2-5-17(18)19-7-4-14-28-19/h2-11,14H,12-13H2,1H3,(H,23,26). The molecule has 0 aliphatic carbocycles. The van der Waals surface area contributed by atoms with E-state index in [-0.39, 0.29) is 12.3 Å². The molecule has 1 N–H and O–H groups in total. The van der Waals surface area contributed by atoms with Gasteiger partial charge < -0.3 is 9.84 Å². The molecule has 0 unspecified atom stereocenters. The molecule has 1 amide bonds. The monoisotopic (exact) mass is 389 g/mol. The number of benzene rings is 2. The van der Waals surface area contributed by atoms with Crippen LogP contribution < -0.4 is 5.32 Å². The van der Waals surface area contributed by atoms with Gasteiger partial charge >= 0.3 is 0 Å². The fourth-order valence-corrected chi connectivity index (χ4v) is 3.61. The van der Waals surface area contributed by atoms with Crippen LogP contribution in [-0.4, -0.2) is 16.0 Å². The highest BCUT2D eigenvalue weighted by molar-refractivity contribution is 7.13. The summed E-state index contributed by atoms with van der Waals surface area (Å²) in [4.78, 5) is 17.9. The molecule has 0 atom stereocenters. The van der Waals surface area contributed by atoms with Gasteiger partial charge in [0.15, 0.2) is 0 Å². The van der Waals surface area contributed by atoms with Crippen molar-refractivity contribution in [3.63, 3.8) is 0 Å². The van der Waals surface area contributed by atoms with E-state index in [0.717, 1.165) is 21.7 Å². The van der Waals surface area contributed by atoms with Crippen LogP contribution in [0.25, 0.3) is 21.8 Å². The fourth-order valence-electron chi connectivity index (χ4n) is 2.85. The number of thiophene rings is 1. The highest BCUT2D eigenvalue weighted by atomic mass is 32.1. The van der Waals surface area contributed by atoms with Gasteiger partial charge in [0.05, 0.1) is 0 Å². The van der Waals surface area contributed by atoms with Gasteiger partial charge in [0.2, 0.25) is 17.6 Å². The van der Waals surface area contributed by atoms with Crippen molar-refractivity contribution in [1.82, 2.24) is 10.1 Å². The zero-order valence-corrected chi connectivity index (χ0v) is 16.2. The molecular weight excluding hydrogens is 370 g/mol. The Morgan fingerprint density at radius 2 is 1.89 bits per heavy atom. The Morgan fingerprint density at radius 3 is 2.68 bits per heavy atom. The molecular formula is C22H19N3O2S. The molecule has 0 bridgehead atoms. The van der Waals surface area contributed by atoms with E-state index in [4.69, 9.17) is 4.52 Å². The summed E-state index contributed by atoms with van der Waals surface area (Å²) in [5, 5.41) is 9.02. The Balaban J connectivity index is 1.39. The molecule has 0 aliphatic heterocycles. The molecule has 0 fully saturated rings. The molecule has 0 saturated heterocycles. The number of rotatable bonds is 6. The predicted molar refractivity (Wildman–Crippen MR) is 111 cm³/mol. The van der Waals surface area contributed by atoms with Gasteiger partial charge in [0.1, 0.15) is 0 Å². The molecule has 0 radical (unpaired) electrons. The molecule has 6 heteroatoms. The van der Waals surface area contributed by atoms with E-state index in [9.17, 15) is 4.79 Å². The van der Waals surface area contributed by atoms with E-state index in [1.165, 1.54) is 5.56 Å². The van der Waals surface area contributed by atoms with Gasteiger partial charge in [-0.25, -0.2) is 0 Å². The highest BCUT2D eigenvalue weighted by Gasteiger charge is 2.12. The first-order valence-electron chi connectivity index (χ1n) is 9.01. The van der Waals surface area contributed by atoms with Gasteiger partial charge in [-0.3, -0.25) is 4.79 Å². The van der Waals surface area contributed by atoms with E-state index in [1.54, 1.807) is 11.3 Å². The van der Waals surface area contributed by atoms with Gasteiger partial charge in [0, 0.05) is 34.5 Å². The molecule has 2 aromatic carbocycles. The lowest BCUT2D eigenvalue weighted by atomic mass is 10.1. The van der Waals surface area contributed by atoms with Gasteiger partial charge in [-0.1, -0.05) is 59.3 Å². The van der Waals surface area contributed by atoms with Crippen molar-refractivity contribution in [1.29, 1.82) is 0 Å². The van der Waals surface area contributed by atoms with Crippen molar-refractivity contribution >= 4 is 22.9 Å². The highest BCUT2D eigenvalue weighted by Crippen LogP contribution is 2.31. The fraction of sp³-hybridized carbons (Fsp3) is 0.136. The van der Waals surface area contributed by atoms with Crippen LogP contribution in [0.2, 0.25) is 0 Å². The normalized spacial score (nSPS) is 10.8. The zero-order valence-electron chi connectivity index (χ0n) is 15.4. The maximum Gasteiger partial charge on any atom is 0.227 e. The summed E-state index contributed by atoms with van der Waals surface area (Å²) in [6.45, 7) is 2.03. The second-order valence-electron chi connectivity index (χ2n) is 6.45. The minimum atomic E-state index is -0.0842. The first-order chi connectivity index (χ1) is 13.7. The molecule has 0 saturated carbocycles. The second kappa shape index (κ2) is 8.19. The summed E-state index contributed by atoms with van der Waals surface area (Å²) in [5.74, 6) is 0.912. The Morgan fingerprint density at radius 1 is 1.07 bits per heavy atom. The van der Waals surface area contributed by atoms with Gasteiger partial charge in [-0.15, -0.1) is 11.3 Å². The lowest BCUT2D eigenvalue weighted by Gasteiger charge is -2.09. The minimum Gasteiger partial charge on any atom is -0.339 e. The first-order valence-corrected chi connectivity index (χ1v) is 9.89. The first kappa shape index (κ1) is 18.1. The summed E-state index contributed by atoms with van der Waals surface area (Å²) in [7, 11) is 0. The van der Waals surface area contributed by atoms with Gasteiger partial charge in [-0.2, -0.15) is 4.98 Å². The van der Waals surface area contributed by atoms with Crippen molar-refractivity contribution in [3.8, 4) is 21.8 Å². The Kier molecular flexibility index (Phi) is 5.30. The van der Waals surface area contributed by atoms with Crippen molar-refractivity contribution in [2.45, 2.75) is 19.8 Å². The molecule has 4 rings (SSSR count). The quantitative estimate of drug-likeness (QED) is 0.483. The van der Waals surface area contributed by atoms with Crippen molar-refractivity contribution < 1.29 is 9.32 Å². The number of aryl methyl sites for hydroxylation is 2. The average molecular weight is 389 g/mol. The van der Waals surface area contributed by atoms with Crippen LogP contribution in [0.1, 0.15) is 17.9 Å². The molecule has 28 heavy (non-hydrogen) atoms. The minimum absolute atomic E-state index is 0.0842. The number of carbonyl (C=O) groups excluding carboxylic acids is 1. The van der Waals surface area contributed by atoms with Crippen LogP contribution in [0.15, 0.2) is 70.6 Å².